The van der Waals surface area contributed by atoms with E-state index in [2.05, 4.69) is 10.1 Å². The maximum absolute atomic E-state index is 10.9. The molecule has 1 heterocycles. The molecule has 0 unspecified atom stereocenters. The molecule has 0 saturated heterocycles. The highest BCUT2D eigenvalue weighted by atomic mass is 16.5. The van der Waals surface area contributed by atoms with E-state index in [4.69, 9.17) is 4.42 Å². The molecule has 1 amide bonds. The first kappa shape index (κ1) is 9.80. The lowest BCUT2D eigenvalue weighted by Gasteiger charge is -2.01. The van der Waals surface area contributed by atoms with Gasteiger partial charge in [-0.15, -0.1) is 0 Å². The van der Waals surface area contributed by atoms with Crippen LogP contribution in [-0.4, -0.2) is 26.2 Å². The molecule has 0 radical (unpaired) electrons. The second kappa shape index (κ2) is 5.37. The zero-order chi connectivity index (χ0) is 9.52. The topological polar surface area (TPSA) is 51.5 Å². The molecular weight excluding hydrogens is 170 g/mol. The summed E-state index contributed by atoms with van der Waals surface area (Å²) in [4.78, 5) is 10.9. The smallest absolute Gasteiger partial charge is 0.245 e. The van der Waals surface area contributed by atoms with E-state index in [1.54, 1.807) is 12.5 Å². The Balaban J connectivity index is 2.11. The SMILES string of the molecule is COCC(=O)NCCc1ccoc1. The Morgan fingerprint density at radius 3 is 3.15 bits per heavy atom. The molecule has 4 heteroatoms. The number of rotatable bonds is 5. The minimum atomic E-state index is -0.0917. The van der Waals surface area contributed by atoms with Crippen LogP contribution in [0.15, 0.2) is 23.0 Å². The van der Waals surface area contributed by atoms with E-state index < -0.39 is 0 Å². The van der Waals surface area contributed by atoms with E-state index in [1.165, 1.54) is 7.11 Å². The molecule has 1 N–H and O–H groups in total. The molecular formula is C9H13NO3. The summed E-state index contributed by atoms with van der Waals surface area (Å²) in [5.74, 6) is -0.0917. The fraction of sp³-hybridized carbons (Fsp3) is 0.444. The van der Waals surface area contributed by atoms with E-state index in [0.29, 0.717) is 6.54 Å². The predicted octanol–water partition coefficient (Wildman–Crippen LogP) is 0.585. The summed E-state index contributed by atoms with van der Waals surface area (Å²) in [6.45, 7) is 0.729. The van der Waals surface area contributed by atoms with Crippen molar-refractivity contribution in [2.24, 2.45) is 0 Å². The van der Waals surface area contributed by atoms with Gasteiger partial charge in [-0.05, 0) is 18.1 Å². The quantitative estimate of drug-likeness (QED) is 0.726. The van der Waals surface area contributed by atoms with Gasteiger partial charge in [-0.1, -0.05) is 0 Å². The van der Waals surface area contributed by atoms with Gasteiger partial charge in [-0.25, -0.2) is 0 Å². The van der Waals surface area contributed by atoms with Crippen molar-refractivity contribution in [3.05, 3.63) is 24.2 Å². The fourth-order valence-electron chi connectivity index (χ4n) is 0.963. The van der Waals surface area contributed by atoms with Crippen LogP contribution in [0.4, 0.5) is 0 Å². The Morgan fingerprint density at radius 1 is 1.69 bits per heavy atom. The third-order valence-corrected chi connectivity index (χ3v) is 1.59. The minimum absolute atomic E-state index is 0.0917. The Labute approximate surface area is 76.9 Å². The van der Waals surface area contributed by atoms with E-state index in [1.807, 2.05) is 6.07 Å². The number of hydrogen-bond donors (Lipinski definition) is 1. The molecule has 0 bridgehead atoms. The van der Waals surface area contributed by atoms with Crippen molar-refractivity contribution in [2.75, 3.05) is 20.3 Å². The molecule has 0 aromatic carbocycles. The van der Waals surface area contributed by atoms with Gasteiger partial charge < -0.3 is 14.5 Å². The van der Waals surface area contributed by atoms with Crippen molar-refractivity contribution >= 4 is 5.91 Å². The van der Waals surface area contributed by atoms with Gasteiger partial charge in [0.05, 0.1) is 12.5 Å². The van der Waals surface area contributed by atoms with Crippen LogP contribution < -0.4 is 5.32 Å². The Bertz CT molecular complexity index is 243. The molecule has 0 fully saturated rings. The molecule has 0 saturated carbocycles. The maximum Gasteiger partial charge on any atom is 0.245 e. The third kappa shape index (κ3) is 3.75. The van der Waals surface area contributed by atoms with Gasteiger partial charge in [0.1, 0.15) is 6.61 Å². The summed E-state index contributed by atoms with van der Waals surface area (Å²) in [6.07, 6.45) is 4.07. The van der Waals surface area contributed by atoms with Crippen molar-refractivity contribution in [1.82, 2.24) is 5.32 Å². The average molecular weight is 183 g/mol. The van der Waals surface area contributed by atoms with Gasteiger partial charge >= 0.3 is 0 Å². The lowest BCUT2D eigenvalue weighted by Crippen LogP contribution is -2.28. The van der Waals surface area contributed by atoms with E-state index in [0.717, 1.165) is 12.0 Å². The fourth-order valence-corrected chi connectivity index (χ4v) is 0.963. The Morgan fingerprint density at radius 2 is 2.54 bits per heavy atom. The number of carbonyl (C=O) groups is 1. The molecule has 0 aliphatic rings. The van der Waals surface area contributed by atoms with Gasteiger partial charge in [-0.2, -0.15) is 0 Å². The number of nitrogens with one attached hydrogen (secondary N) is 1. The summed E-state index contributed by atoms with van der Waals surface area (Å²) in [6, 6.07) is 1.88. The Kier molecular flexibility index (Phi) is 4.05. The first-order valence-electron chi connectivity index (χ1n) is 4.09. The van der Waals surface area contributed by atoms with Crippen LogP contribution in [0.2, 0.25) is 0 Å². The molecule has 0 aliphatic heterocycles. The predicted molar refractivity (Wildman–Crippen MR) is 47.3 cm³/mol. The zero-order valence-corrected chi connectivity index (χ0v) is 7.58. The summed E-state index contributed by atoms with van der Waals surface area (Å²) in [5, 5.41) is 2.72. The van der Waals surface area contributed by atoms with Gasteiger partial charge in [0.2, 0.25) is 5.91 Å². The van der Waals surface area contributed by atoms with Crippen LogP contribution in [0.5, 0.6) is 0 Å². The van der Waals surface area contributed by atoms with Crippen LogP contribution >= 0.6 is 0 Å². The first-order chi connectivity index (χ1) is 6.33. The number of carbonyl (C=O) groups excluding carboxylic acids is 1. The van der Waals surface area contributed by atoms with E-state index in [-0.39, 0.29) is 12.5 Å². The number of methoxy groups -OCH3 is 1. The lowest BCUT2D eigenvalue weighted by molar-refractivity contribution is -0.124. The highest BCUT2D eigenvalue weighted by Gasteiger charge is 1.99. The minimum Gasteiger partial charge on any atom is -0.472 e. The second-order valence-corrected chi connectivity index (χ2v) is 2.66. The average Bonchev–Trinajstić information content (AvgIpc) is 2.57. The summed E-state index contributed by atoms with van der Waals surface area (Å²) >= 11 is 0. The molecule has 1 aromatic heterocycles. The molecule has 1 rings (SSSR count). The van der Waals surface area contributed by atoms with Crippen molar-refractivity contribution in [3.8, 4) is 0 Å². The van der Waals surface area contributed by atoms with Crippen LogP contribution in [-0.2, 0) is 16.0 Å². The van der Waals surface area contributed by atoms with Crippen LogP contribution in [0, 0.1) is 0 Å². The number of hydrogen-bond acceptors (Lipinski definition) is 3. The molecule has 13 heavy (non-hydrogen) atoms. The number of furan rings is 1. The standard InChI is InChI=1S/C9H13NO3/c1-12-7-9(11)10-4-2-8-3-5-13-6-8/h3,5-6H,2,4,7H2,1H3,(H,10,11). The van der Waals surface area contributed by atoms with Crippen molar-refractivity contribution in [3.63, 3.8) is 0 Å². The molecule has 0 aliphatic carbocycles. The highest BCUT2D eigenvalue weighted by molar-refractivity contribution is 5.77. The number of amides is 1. The summed E-state index contributed by atoms with van der Waals surface area (Å²) in [5.41, 5.74) is 1.08. The monoisotopic (exact) mass is 183 g/mol. The van der Waals surface area contributed by atoms with Crippen molar-refractivity contribution in [2.45, 2.75) is 6.42 Å². The molecule has 1 aromatic rings. The van der Waals surface area contributed by atoms with Gasteiger partial charge in [0, 0.05) is 13.7 Å². The molecule has 4 nitrogen and oxygen atoms in total. The summed E-state index contributed by atoms with van der Waals surface area (Å²) in [7, 11) is 1.50. The first-order valence-corrected chi connectivity index (χ1v) is 4.09. The van der Waals surface area contributed by atoms with Gasteiger partial charge in [0.25, 0.3) is 0 Å². The highest BCUT2D eigenvalue weighted by Crippen LogP contribution is 1.99. The van der Waals surface area contributed by atoms with Crippen LogP contribution in [0.1, 0.15) is 5.56 Å². The normalized spacial score (nSPS) is 9.92. The molecule has 0 atom stereocenters. The van der Waals surface area contributed by atoms with Crippen molar-refractivity contribution in [1.29, 1.82) is 0 Å². The third-order valence-electron chi connectivity index (χ3n) is 1.59. The maximum atomic E-state index is 10.9. The zero-order valence-electron chi connectivity index (χ0n) is 7.58. The van der Waals surface area contributed by atoms with E-state index in [9.17, 15) is 4.79 Å². The lowest BCUT2D eigenvalue weighted by atomic mass is 10.2. The van der Waals surface area contributed by atoms with Gasteiger partial charge in [-0.3, -0.25) is 4.79 Å². The summed E-state index contributed by atoms with van der Waals surface area (Å²) < 4.78 is 9.54. The van der Waals surface area contributed by atoms with Gasteiger partial charge in [0.15, 0.2) is 0 Å². The second-order valence-electron chi connectivity index (χ2n) is 2.66. The molecule has 0 spiro atoms. The largest absolute Gasteiger partial charge is 0.472 e. The number of ether oxygens (including phenoxy) is 1. The Hall–Kier alpha value is -1.29. The van der Waals surface area contributed by atoms with E-state index >= 15 is 0 Å². The van der Waals surface area contributed by atoms with Crippen molar-refractivity contribution < 1.29 is 13.9 Å². The van der Waals surface area contributed by atoms with Crippen LogP contribution in [0.3, 0.4) is 0 Å². The molecule has 72 valence electrons. The van der Waals surface area contributed by atoms with Crippen LogP contribution in [0.25, 0.3) is 0 Å².